The molecule has 0 aromatic carbocycles. The summed E-state index contributed by atoms with van der Waals surface area (Å²) in [5.74, 6) is 0. The Morgan fingerprint density at radius 1 is 1.39 bits per heavy atom. The van der Waals surface area contributed by atoms with Crippen LogP contribution in [0.3, 0.4) is 0 Å². The van der Waals surface area contributed by atoms with Crippen LogP contribution >= 0.6 is 27.3 Å². The maximum Gasteiger partial charge on any atom is 0.0410 e. The molecule has 0 aliphatic heterocycles. The molecule has 18 heavy (non-hydrogen) atoms. The van der Waals surface area contributed by atoms with Gasteiger partial charge in [-0.3, -0.25) is 4.98 Å². The number of halogens is 1. The van der Waals surface area contributed by atoms with Crippen LogP contribution in [0.2, 0.25) is 0 Å². The summed E-state index contributed by atoms with van der Waals surface area (Å²) >= 11 is 5.30. The fourth-order valence-electron chi connectivity index (χ4n) is 2.03. The fourth-order valence-corrected chi connectivity index (χ4v) is 3.23. The summed E-state index contributed by atoms with van der Waals surface area (Å²) < 4.78 is 1.05. The molecular formula is C14H17BrN2S. The van der Waals surface area contributed by atoms with Crippen molar-refractivity contribution in [2.75, 3.05) is 6.54 Å². The number of hydrogen-bond acceptors (Lipinski definition) is 3. The topological polar surface area (TPSA) is 24.9 Å². The number of nitrogens with zero attached hydrogens (tertiary/aromatic N) is 1. The van der Waals surface area contributed by atoms with Crippen LogP contribution in [0.1, 0.15) is 17.4 Å². The monoisotopic (exact) mass is 324 g/mol. The molecule has 2 nitrogen and oxygen atoms in total. The van der Waals surface area contributed by atoms with E-state index in [2.05, 4.69) is 56.7 Å². The van der Waals surface area contributed by atoms with Crippen molar-refractivity contribution in [2.24, 2.45) is 0 Å². The summed E-state index contributed by atoms with van der Waals surface area (Å²) in [7, 11) is 0. The average molecular weight is 325 g/mol. The molecule has 96 valence electrons. The first kappa shape index (κ1) is 13.7. The Labute approximate surface area is 121 Å². The van der Waals surface area contributed by atoms with E-state index in [1.807, 2.05) is 23.7 Å². The van der Waals surface area contributed by atoms with Gasteiger partial charge in [0.25, 0.3) is 0 Å². The van der Waals surface area contributed by atoms with E-state index >= 15 is 0 Å². The molecule has 0 saturated heterocycles. The summed E-state index contributed by atoms with van der Waals surface area (Å²) in [5.41, 5.74) is 1.27. The van der Waals surface area contributed by atoms with Crippen molar-refractivity contribution in [1.29, 1.82) is 0 Å². The highest BCUT2D eigenvalue weighted by Crippen LogP contribution is 2.15. The fraction of sp³-hybridized carbons (Fsp3) is 0.357. The van der Waals surface area contributed by atoms with Gasteiger partial charge >= 0.3 is 0 Å². The van der Waals surface area contributed by atoms with E-state index < -0.39 is 0 Å². The van der Waals surface area contributed by atoms with Crippen LogP contribution in [-0.4, -0.2) is 17.6 Å². The Morgan fingerprint density at radius 2 is 2.28 bits per heavy atom. The molecule has 0 bridgehead atoms. The van der Waals surface area contributed by atoms with Gasteiger partial charge in [-0.15, -0.1) is 11.3 Å². The minimum Gasteiger partial charge on any atom is -0.314 e. The van der Waals surface area contributed by atoms with Gasteiger partial charge in [0, 0.05) is 27.8 Å². The van der Waals surface area contributed by atoms with Crippen molar-refractivity contribution in [3.05, 3.63) is 50.9 Å². The molecule has 2 heterocycles. The highest BCUT2D eigenvalue weighted by molar-refractivity contribution is 9.10. The minimum atomic E-state index is 0.477. The molecule has 2 rings (SSSR count). The molecular weight excluding hydrogens is 308 g/mol. The average Bonchev–Trinajstić information content (AvgIpc) is 2.82. The summed E-state index contributed by atoms with van der Waals surface area (Å²) in [4.78, 5) is 5.66. The molecule has 0 fully saturated rings. The van der Waals surface area contributed by atoms with Crippen LogP contribution in [0.4, 0.5) is 0 Å². The maximum absolute atomic E-state index is 4.22. The predicted molar refractivity (Wildman–Crippen MR) is 81.1 cm³/mol. The number of likely N-dealkylation sites (N-methyl/N-ethyl adjacent to an activating group) is 1. The number of aromatic nitrogens is 1. The van der Waals surface area contributed by atoms with Gasteiger partial charge in [0.05, 0.1) is 0 Å². The second-order valence-corrected chi connectivity index (χ2v) is 6.20. The standard InChI is InChI=1S/C14H17BrN2S/c1-2-17-13(8-14-4-3-5-18-14)7-11-6-12(15)10-16-9-11/h3-6,9-10,13,17H,2,7-8H2,1H3. The SMILES string of the molecule is CCNC(Cc1cncc(Br)c1)Cc1cccs1. The summed E-state index contributed by atoms with van der Waals surface area (Å²) in [5, 5.41) is 5.69. The smallest absolute Gasteiger partial charge is 0.0410 e. The minimum absolute atomic E-state index is 0.477. The zero-order chi connectivity index (χ0) is 12.8. The molecule has 4 heteroatoms. The Morgan fingerprint density at radius 3 is 2.94 bits per heavy atom. The first-order valence-corrected chi connectivity index (χ1v) is 7.80. The number of rotatable bonds is 6. The number of pyridine rings is 1. The molecule has 0 aliphatic rings. The third-order valence-corrected chi connectivity index (χ3v) is 4.10. The first-order chi connectivity index (χ1) is 8.78. The highest BCUT2D eigenvalue weighted by Gasteiger charge is 2.10. The zero-order valence-corrected chi connectivity index (χ0v) is 12.8. The van der Waals surface area contributed by atoms with E-state index in [4.69, 9.17) is 0 Å². The quantitative estimate of drug-likeness (QED) is 0.876. The number of nitrogens with one attached hydrogen (secondary N) is 1. The van der Waals surface area contributed by atoms with Crippen molar-refractivity contribution in [1.82, 2.24) is 10.3 Å². The third kappa shape index (κ3) is 4.19. The Bertz CT molecular complexity index is 470. The van der Waals surface area contributed by atoms with E-state index in [1.165, 1.54) is 10.4 Å². The van der Waals surface area contributed by atoms with Gasteiger partial charge in [-0.1, -0.05) is 13.0 Å². The molecule has 1 N–H and O–H groups in total. The van der Waals surface area contributed by atoms with Crippen molar-refractivity contribution in [3.8, 4) is 0 Å². The third-order valence-electron chi connectivity index (χ3n) is 2.76. The lowest BCUT2D eigenvalue weighted by Gasteiger charge is -2.17. The highest BCUT2D eigenvalue weighted by atomic mass is 79.9. The lowest BCUT2D eigenvalue weighted by Crippen LogP contribution is -2.32. The van der Waals surface area contributed by atoms with E-state index in [0.29, 0.717) is 6.04 Å². The van der Waals surface area contributed by atoms with E-state index in [-0.39, 0.29) is 0 Å². The molecule has 1 atom stereocenters. The Kier molecular flexibility index (Phi) is 5.35. The van der Waals surface area contributed by atoms with Gasteiger partial charge in [-0.05, 0) is 58.4 Å². The van der Waals surface area contributed by atoms with Crippen molar-refractivity contribution in [3.63, 3.8) is 0 Å². The van der Waals surface area contributed by atoms with Crippen LogP contribution in [0.15, 0.2) is 40.4 Å². The Hall–Kier alpha value is -0.710. The molecule has 0 radical (unpaired) electrons. The van der Waals surface area contributed by atoms with E-state index in [9.17, 15) is 0 Å². The van der Waals surface area contributed by atoms with Gasteiger partial charge in [0.1, 0.15) is 0 Å². The molecule has 2 aromatic heterocycles. The summed E-state index contributed by atoms with van der Waals surface area (Å²) in [6, 6.07) is 6.94. The first-order valence-electron chi connectivity index (χ1n) is 6.13. The molecule has 1 unspecified atom stereocenters. The van der Waals surface area contributed by atoms with Gasteiger partial charge in [0.15, 0.2) is 0 Å². The molecule has 2 aromatic rings. The number of thiophene rings is 1. The summed E-state index contributed by atoms with van der Waals surface area (Å²) in [6.45, 7) is 3.15. The van der Waals surface area contributed by atoms with Gasteiger partial charge in [-0.25, -0.2) is 0 Å². The van der Waals surface area contributed by atoms with Crippen molar-refractivity contribution in [2.45, 2.75) is 25.8 Å². The molecule has 0 amide bonds. The normalized spacial score (nSPS) is 12.6. The Balaban J connectivity index is 2.01. The number of hydrogen-bond donors (Lipinski definition) is 1. The molecule has 0 spiro atoms. The lowest BCUT2D eigenvalue weighted by atomic mass is 10.0. The second kappa shape index (κ2) is 7.02. The lowest BCUT2D eigenvalue weighted by molar-refractivity contribution is 0.524. The van der Waals surface area contributed by atoms with Crippen molar-refractivity contribution < 1.29 is 0 Å². The summed E-state index contributed by atoms with van der Waals surface area (Å²) in [6.07, 6.45) is 5.87. The van der Waals surface area contributed by atoms with Crippen LogP contribution in [-0.2, 0) is 12.8 Å². The van der Waals surface area contributed by atoms with Gasteiger partial charge in [-0.2, -0.15) is 0 Å². The van der Waals surface area contributed by atoms with E-state index in [0.717, 1.165) is 23.9 Å². The maximum atomic E-state index is 4.22. The zero-order valence-electron chi connectivity index (χ0n) is 10.4. The van der Waals surface area contributed by atoms with Gasteiger partial charge < -0.3 is 5.32 Å². The molecule has 0 saturated carbocycles. The van der Waals surface area contributed by atoms with Crippen LogP contribution < -0.4 is 5.32 Å². The second-order valence-electron chi connectivity index (χ2n) is 4.25. The largest absolute Gasteiger partial charge is 0.314 e. The van der Waals surface area contributed by atoms with Gasteiger partial charge in [0.2, 0.25) is 0 Å². The van der Waals surface area contributed by atoms with Crippen LogP contribution in [0.5, 0.6) is 0 Å². The van der Waals surface area contributed by atoms with Crippen molar-refractivity contribution >= 4 is 27.3 Å². The van der Waals surface area contributed by atoms with Crippen LogP contribution in [0.25, 0.3) is 0 Å². The van der Waals surface area contributed by atoms with Crippen LogP contribution in [0, 0.1) is 0 Å². The van der Waals surface area contributed by atoms with E-state index in [1.54, 1.807) is 0 Å². The predicted octanol–water partition coefficient (Wildman–Crippen LogP) is 3.67. The molecule has 0 aliphatic carbocycles.